The maximum atomic E-state index is 13.6. The third-order valence-electron chi connectivity index (χ3n) is 3.58. The van der Waals surface area contributed by atoms with Gasteiger partial charge in [-0.15, -0.1) is 0 Å². The SMILES string of the molecule is NNC(CC1CCCO1)c1cc2cccc(F)c2o1. The molecule has 102 valence electrons. The molecular formula is C14H17FN2O2. The largest absolute Gasteiger partial charge is 0.456 e. The Hall–Kier alpha value is -1.43. The molecule has 5 heteroatoms. The van der Waals surface area contributed by atoms with Gasteiger partial charge in [-0.2, -0.15) is 0 Å². The van der Waals surface area contributed by atoms with Crippen LogP contribution in [0.25, 0.3) is 11.0 Å². The van der Waals surface area contributed by atoms with Gasteiger partial charge < -0.3 is 9.15 Å². The highest BCUT2D eigenvalue weighted by molar-refractivity contribution is 5.78. The second kappa shape index (κ2) is 5.28. The lowest BCUT2D eigenvalue weighted by Crippen LogP contribution is -2.30. The van der Waals surface area contributed by atoms with Gasteiger partial charge in [0.25, 0.3) is 0 Å². The summed E-state index contributed by atoms with van der Waals surface area (Å²) < 4.78 is 24.8. The molecule has 2 unspecified atom stereocenters. The number of halogens is 1. The molecule has 2 atom stereocenters. The smallest absolute Gasteiger partial charge is 0.169 e. The molecule has 1 saturated heterocycles. The van der Waals surface area contributed by atoms with Gasteiger partial charge in [-0.05, 0) is 31.4 Å². The number of nitrogens with one attached hydrogen (secondary N) is 1. The van der Waals surface area contributed by atoms with Gasteiger partial charge in [-0.3, -0.25) is 5.84 Å². The van der Waals surface area contributed by atoms with Crippen LogP contribution in [0.4, 0.5) is 4.39 Å². The Bertz CT molecular complexity index is 564. The molecule has 19 heavy (non-hydrogen) atoms. The zero-order valence-corrected chi connectivity index (χ0v) is 10.6. The minimum Gasteiger partial charge on any atom is -0.456 e. The lowest BCUT2D eigenvalue weighted by molar-refractivity contribution is 0.0922. The van der Waals surface area contributed by atoms with Gasteiger partial charge in [-0.1, -0.05) is 12.1 Å². The summed E-state index contributed by atoms with van der Waals surface area (Å²) >= 11 is 0. The van der Waals surface area contributed by atoms with E-state index < -0.39 is 0 Å². The van der Waals surface area contributed by atoms with E-state index in [2.05, 4.69) is 5.43 Å². The minimum atomic E-state index is -0.350. The van der Waals surface area contributed by atoms with E-state index in [9.17, 15) is 4.39 Å². The average Bonchev–Trinajstić information content (AvgIpc) is 3.05. The zero-order chi connectivity index (χ0) is 13.2. The average molecular weight is 264 g/mol. The van der Waals surface area contributed by atoms with Gasteiger partial charge in [0.1, 0.15) is 5.76 Å². The summed E-state index contributed by atoms with van der Waals surface area (Å²) in [5, 5.41) is 0.752. The van der Waals surface area contributed by atoms with Crippen molar-refractivity contribution in [2.24, 2.45) is 5.84 Å². The molecule has 3 N–H and O–H groups in total. The molecule has 0 bridgehead atoms. The maximum Gasteiger partial charge on any atom is 0.169 e. The van der Waals surface area contributed by atoms with E-state index in [-0.39, 0.29) is 23.5 Å². The molecule has 3 rings (SSSR count). The fraction of sp³-hybridized carbons (Fsp3) is 0.429. The lowest BCUT2D eigenvalue weighted by atomic mass is 10.1. The second-order valence-corrected chi connectivity index (χ2v) is 4.90. The van der Waals surface area contributed by atoms with Crippen molar-refractivity contribution >= 4 is 11.0 Å². The van der Waals surface area contributed by atoms with Crippen LogP contribution in [0.3, 0.4) is 0 Å². The highest BCUT2D eigenvalue weighted by Gasteiger charge is 2.24. The van der Waals surface area contributed by atoms with E-state index >= 15 is 0 Å². The highest BCUT2D eigenvalue weighted by atomic mass is 19.1. The van der Waals surface area contributed by atoms with Crippen LogP contribution in [0.5, 0.6) is 0 Å². The van der Waals surface area contributed by atoms with E-state index in [1.165, 1.54) is 6.07 Å². The number of fused-ring (bicyclic) bond motifs is 1. The molecule has 0 radical (unpaired) electrons. The first-order chi connectivity index (χ1) is 9.28. The number of para-hydroxylation sites is 1. The Morgan fingerprint density at radius 3 is 3.05 bits per heavy atom. The second-order valence-electron chi connectivity index (χ2n) is 4.90. The van der Waals surface area contributed by atoms with E-state index in [1.54, 1.807) is 6.07 Å². The van der Waals surface area contributed by atoms with Crippen molar-refractivity contribution in [2.45, 2.75) is 31.4 Å². The molecular weight excluding hydrogens is 247 g/mol. The summed E-state index contributed by atoms with van der Waals surface area (Å²) in [5.74, 6) is 5.88. The van der Waals surface area contributed by atoms with E-state index in [0.29, 0.717) is 5.76 Å². The van der Waals surface area contributed by atoms with Crippen molar-refractivity contribution < 1.29 is 13.5 Å². The number of ether oxygens (including phenoxy) is 1. The number of benzene rings is 1. The van der Waals surface area contributed by atoms with Gasteiger partial charge in [0.05, 0.1) is 12.1 Å². The van der Waals surface area contributed by atoms with E-state index in [4.69, 9.17) is 15.0 Å². The van der Waals surface area contributed by atoms with Gasteiger partial charge in [-0.25, -0.2) is 9.82 Å². The summed E-state index contributed by atoms with van der Waals surface area (Å²) in [6.07, 6.45) is 3.04. The maximum absolute atomic E-state index is 13.6. The number of hydrogen-bond donors (Lipinski definition) is 2. The molecule has 1 aliphatic heterocycles. The van der Waals surface area contributed by atoms with Crippen LogP contribution in [-0.2, 0) is 4.74 Å². The van der Waals surface area contributed by atoms with E-state index in [0.717, 1.165) is 31.3 Å². The molecule has 2 heterocycles. The molecule has 0 spiro atoms. The Morgan fingerprint density at radius 1 is 1.47 bits per heavy atom. The Balaban J connectivity index is 1.86. The summed E-state index contributed by atoms with van der Waals surface area (Å²) in [6.45, 7) is 0.802. The van der Waals surface area contributed by atoms with Gasteiger partial charge in [0, 0.05) is 12.0 Å². The fourth-order valence-electron chi connectivity index (χ4n) is 2.58. The first-order valence-electron chi connectivity index (χ1n) is 6.53. The number of furan rings is 1. The van der Waals surface area contributed by atoms with Crippen molar-refractivity contribution in [1.82, 2.24) is 5.43 Å². The van der Waals surface area contributed by atoms with E-state index in [1.807, 2.05) is 12.1 Å². The topological polar surface area (TPSA) is 60.4 Å². The molecule has 1 aromatic carbocycles. The lowest BCUT2D eigenvalue weighted by Gasteiger charge is -2.17. The highest BCUT2D eigenvalue weighted by Crippen LogP contribution is 2.30. The Morgan fingerprint density at radius 2 is 2.37 bits per heavy atom. The monoisotopic (exact) mass is 264 g/mol. The molecule has 2 aromatic rings. The number of hydrazine groups is 1. The van der Waals surface area contributed by atoms with Crippen molar-refractivity contribution in [2.75, 3.05) is 6.61 Å². The van der Waals surface area contributed by atoms with Crippen LogP contribution in [0.15, 0.2) is 28.7 Å². The third kappa shape index (κ3) is 2.49. The van der Waals surface area contributed by atoms with Crippen LogP contribution < -0.4 is 11.3 Å². The molecule has 0 saturated carbocycles. The Kier molecular flexibility index (Phi) is 3.50. The van der Waals surface area contributed by atoms with Crippen LogP contribution in [0, 0.1) is 5.82 Å². The number of hydrogen-bond acceptors (Lipinski definition) is 4. The molecule has 0 aliphatic carbocycles. The van der Waals surface area contributed by atoms with Gasteiger partial charge in [0.2, 0.25) is 0 Å². The molecule has 1 aromatic heterocycles. The molecule has 1 fully saturated rings. The summed E-state index contributed by atoms with van der Waals surface area (Å²) in [4.78, 5) is 0. The zero-order valence-electron chi connectivity index (χ0n) is 10.6. The van der Waals surface area contributed by atoms with Crippen LogP contribution >= 0.6 is 0 Å². The standard InChI is InChI=1S/C14H17FN2O2/c15-11-5-1-3-9-7-13(19-14(9)11)12(17-16)8-10-4-2-6-18-10/h1,3,5,7,10,12,17H,2,4,6,8,16H2. The van der Waals surface area contributed by atoms with Crippen LogP contribution in [0.1, 0.15) is 31.1 Å². The van der Waals surface area contributed by atoms with Crippen LogP contribution in [0.2, 0.25) is 0 Å². The molecule has 4 nitrogen and oxygen atoms in total. The van der Waals surface area contributed by atoms with Crippen LogP contribution in [-0.4, -0.2) is 12.7 Å². The van der Waals surface area contributed by atoms with Crippen molar-refractivity contribution in [3.05, 3.63) is 35.8 Å². The number of rotatable bonds is 4. The first kappa shape index (κ1) is 12.6. The first-order valence-corrected chi connectivity index (χ1v) is 6.53. The summed E-state index contributed by atoms with van der Waals surface area (Å²) in [7, 11) is 0. The molecule has 0 amide bonds. The van der Waals surface area contributed by atoms with Crippen molar-refractivity contribution in [1.29, 1.82) is 0 Å². The summed E-state index contributed by atoms with van der Waals surface area (Å²) in [6, 6.07) is 6.56. The normalized spacial score (nSPS) is 21.1. The number of nitrogens with two attached hydrogens (primary N) is 1. The van der Waals surface area contributed by atoms with Crippen molar-refractivity contribution in [3.63, 3.8) is 0 Å². The summed E-state index contributed by atoms with van der Waals surface area (Å²) in [5.41, 5.74) is 3.01. The Labute approximate surface area is 110 Å². The quantitative estimate of drug-likeness (QED) is 0.658. The predicted octanol–water partition coefficient (Wildman–Crippen LogP) is 2.65. The minimum absolute atomic E-state index is 0.158. The fourth-order valence-corrected chi connectivity index (χ4v) is 2.58. The molecule has 1 aliphatic rings. The van der Waals surface area contributed by atoms with Gasteiger partial charge in [0.15, 0.2) is 11.4 Å². The third-order valence-corrected chi connectivity index (χ3v) is 3.58. The van der Waals surface area contributed by atoms with Gasteiger partial charge >= 0.3 is 0 Å². The predicted molar refractivity (Wildman–Crippen MR) is 69.8 cm³/mol. The van der Waals surface area contributed by atoms with Crippen molar-refractivity contribution in [3.8, 4) is 0 Å².